The zero-order chi connectivity index (χ0) is 13.8. The molecule has 1 amide bonds. The Morgan fingerprint density at radius 3 is 2.58 bits per heavy atom. The molecule has 0 aliphatic carbocycles. The number of hydrogen-bond donors (Lipinski definition) is 2. The van der Waals surface area contributed by atoms with Crippen LogP contribution in [0.2, 0.25) is 5.02 Å². The number of amides is 1. The van der Waals surface area contributed by atoms with Crippen molar-refractivity contribution in [3.05, 3.63) is 64.2 Å². The number of nitrogens with two attached hydrogens (primary N) is 1. The summed E-state index contributed by atoms with van der Waals surface area (Å²) in [5.74, 6) is -0.170. The van der Waals surface area contributed by atoms with Gasteiger partial charge in [0.05, 0.1) is 5.56 Å². The minimum Gasteiger partial charge on any atom is -0.398 e. The second kappa shape index (κ2) is 5.76. The van der Waals surface area contributed by atoms with Gasteiger partial charge in [-0.15, -0.1) is 0 Å². The van der Waals surface area contributed by atoms with Crippen LogP contribution in [0.15, 0.2) is 42.5 Å². The molecule has 0 unspecified atom stereocenters. The Morgan fingerprint density at radius 2 is 1.89 bits per heavy atom. The molecule has 0 saturated heterocycles. The summed E-state index contributed by atoms with van der Waals surface area (Å²) >= 11 is 5.80. The summed E-state index contributed by atoms with van der Waals surface area (Å²) in [6.45, 7) is 2.33. The van der Waals surface area contributed by atoms with Crippen molar-refractivity contribution in [2.75, 3.05) is 5.73 Å². The average molecular weight is 275 g/mol. The first-order valence-corrected chi connectivity index (χ1v) is 6.33. The van der Waals surface area contributed by atoms with Crippen molar-refractivity contribution in [2.24, 2.45) is 0 Å². The first kappa shape index (κ1) is 13.4. The number of rotatable bonds is 3. The van der Waals surface area contributed by atoms with E-state index in [1.54, 1.807) is 18.2 Å². The fourth-order valence-electron chi connectivity index (χ4n) is 1.76. The van der Waals surface area contributed by atoms with Crippen LogP contribution in [0.1, 0.15) is 21.5 Å². The van der Waals surface area contributed by atoms with Crippen LogP contribution in [-0.4, -0.2) is 5.91 Å². The minimum absolute atomic E-state index is 0.170. The number of nitrogens with one attached hydrogen (secondary N) is 1. The monoisotopic (exact) mass is 274 g/mol. The highest BCUT2D eigenvalue weighted by molar-refractivity contribution is 6.30. The van der Waals surface area contributed by atoms with Gasteiger partial charge in [-0.2, -0.15) is 0 Å². The van der Waals surface area contributed by atoms with Crippen molar-refractivity contribution in [1.82, 2.24) is 5.32 Å². The minimum atomic E-state index is -0.170. The van der Waals surface area contributed by atoms with Gasteiger partial charge in [0.2, 0.25) is 0 Å². The summed E-state index contributed by atoms with van der Waals surface area (Å²) in [6, 6.07) is 12.8. The Kier molecular flexibility index (Phi) is 4.07. The number of aryl methyl sites for hydroxylation is 1. The van der Waals surface area contributed by atoms with Crippen LogP contribution in [0, 0.1) is 6.92 Å². The van der Waals surface area contributed by atoms with E-state index < -0.39 is 0 Å². The third-order valence-corrected chi connectivity index (χ3v) is 3.19. The molecule has 0 fully saturated rings. The molecule has 2 rings (SSSR count). The maximum absolute atomic E-state index is 12.0. The van der Waals surface area contributed by atoms with E-state index in [1.807, 2.05) is 31.2 Å². The summed E-state index contributed by atoms with van der Waals surface area (Å²) < 4.78 is 0. The Bertz CT molecular complexity index is 594. The van der Waals surface area contributed by atoms with Crippen molar-refractivity contribution in [3.8, 4) is 0 Å². The molecular formula is C15H15ClN2O. The molecule has 3 N–H and O–H groups in total. The number of para-hydroxylation sites is 1. The highest BCUT2D eigenvalue weighted by Crippen LogP contribution is 2.16. The van der Waals surface area contributed by atoms with Gasteiger partial charge in [0, 0.05) is 17.3 Å². The molecule has 0 radical (unpaired) electrons. The summed E-state index contributed by atoms with van der Waals surface area (Å²) in [4.78, 5) is 12.0. The first-order chi connectivity index (χ1) is 9.08. The fourth-order valence-corrected chi connectivity index (χ4v) is 1.88. The van der Waals surface area contributed by atoms with Crippen molar-refractivity contribution in [1.29, 1.82) is 0 Å². The van der Waals surface area contributed by atoms with Gasteiger partial charge in [0.1, 0.15) is 0 Å². The van der Waals surface area contributed by atoms with E-state index >= 15 is 0 Å². The number of anilines is 1. The zero-order valence-electron chi connectivity index (χ0n) is 10.6. The Balaban J connectivity index is 2.05. The van der Waals surface area contributed by atoms with Gasteiger partial charge < -0.3 is 11.1 Å². The molecule has 0 aromatic heterocycles. The molecule has 0 atom stereocenters. The Morgan fingerprint density at radius 1 is 1.21 bits per heavy atom. The van der Waals surface area contributed by atoms with Gasteiger partial charge in [-0.3, -0.25) is 4.79 Å². The van der Waals surface area contributed by atoms with E-state index in [4.69, 9.17) is 17.3 Å². The van der Waals surface area contributed by atoms with E-state index in [9.17, 15) is 4.79 Å². The van der Waals surface area contributed by atoms with Crippen LogP contribution in [0.5, 0.6) is 0 Å². The van der Waals surface area contributed by atoms with Crippen LogP contribution in [0.3, 0.4) is 0 Å². The molecule has 0 aliphatic heterocycles. The SMILES string of the molecule is Cc1cccc(C(=O)NCc2ccc(Cl)cc2)c1N. The van der Waals surface area contributed by atoms with Gasteiger partial charge in [-0.05, 0) is 36.2 Å². The number of carbonyl (C=O) groups is 1. The van der Waals surface area contributed by atoms with Gasteiger partial charge in [0.25, 0.3) is 5.91 Å². The predicted molar refractivity (Wildman–Crippen MR) is 78.2 cm³/mol. The number of hydrogen-bond acceptors (Lipinski definition) is 2. The molecule has 3 nitrogen and oxygen atoms in total. The highest BCUT2D eigenvalue weighted by Gasteiger charge is 2.10. The van der Waals surface area contributed by atoms with Crippen molar-refractivity contribution in [2.45, 2.75) is 13.5 Å². The summed E-state index contributed by atoms with van der Waals surface area (Å²) in [5, 5.41) is 3.52. The maximum atomic E-state index is 12.0. The standard InChI is InChI=1S/C15H15ClN2O/c1-10-3-2-4-13(14(10)17)15(19)18-9-11-5-7-12(16)8-6-11/h2-8H,9,17H2,1H3,(H,18,19). The average Bonchev–Trinajstić information content (AvgIpc) is 2.41. The number of halogens is 1. The molecule has 0 bridgehead atoms. The normalized spacial score (nSPS) is 10.2. The van der Waals surface area contributed by atoms with Crippen molar-refractivity contribution < 1.29 is 4.79 Å². The van der Waals surface area contributed by atoms with Crippen molar-refractivity contribution in [3.63, 3.8) is 0 Å². The summed E-state index contributed by atoms with van der Waals surface area (Å²) in [6.07, 6.45) is 0. The fraction of sp³-hybridized carbons (Fsp3) is 0.133. The number of benzene rings is 2. The van der Waals surface area contributed by atoms with Gasteiger partial charge in [0.15, 0.2) is 0 Å². The molecule has 2 aromatic carbocycles. The Hall–Kier alpha value is -2.00. The summed E-state index contributed by atoms with van der Waals surface area (Å²) in [7, 11) is 0. The van der Waals surface area contributed by atoms with Crippen LogP contribution in [0.25, 0.3) is 0 Å². The van der Waals surface area contributed by atoms with E-state index in [0.717, 1.165) is 11.1 Å². The van der Waals surface area contributed by atoms with Crippen LogP contribution >= 0.6 is 11.6 Å². The lowest BCUT2D eigenvalue weighted by molar-refractivity contribution is 0.0951. The van der Waals surface area contributed by atoms with Crippen LogP contribution in [0.4, 0.5) is 5.69 Å². The number of carbonyl (C=O) groups excluding carboxylic acids is 1. The molecule has 0 heterocycles. The molecule has 0 saturated carbocycles. The lowest BCUT2D eigenvalue weighted by atomic mass is 10.1. The van der Waals surface area contributed by atoms with Gasteiger partial charge >= 0.3 is 0 Å². The molecule has 4 heteroatoms. The van der Waals surface area contributed by atoms with E-state index in [0.29, 0.717) is 22.8 Å². The predicted octanol–water partition coefficient (Wildman–Crippen LogP) is 3.16. The molecule has 19 heavy (non-hydrogen) atoms. The third kappa shape index (κ3) is 3.26. The van der Waals surface area contributed by atoms with E-state index in [1.165, 1.54) is 0 Å². The van der Waals surface area contributed by atoms with E-state index in [2.05, 4.69) is 5.32 Å². The zero-order valence-corrected chi connectivity index (χ0v) is 11.4. The van der Waals surface area contributed by atoms with Crippen LogP contribution < -0.4 is 11.1 Å². The topological polar surface area (TPSA) is 55.1 Å². The second-order valence-electron chi connectivity index (χ2n) is 4.35. The lowest BCUT2D eigenvalue weighted by Gasteiger charge is -2.09. The largest absolute Gasteiger partial charge is 0.398 e. The van der Waals surface area contributed by atoms with Gasteiger partial charge in [-0.1, -0.05) is 35.9 Å². The summed E-state index contributed by atoms with van der Waals surface area (Å²) in [5.41, 5.74) is 8.82. The van der Waals surface area contributed by atoms with E-state index in [-0.39, 0.29) is 5.91 Å². The quantitative estimate of drug-likeness (QED) is 0.845. The van der Waals surface area contributed by atoms with Crippen LogP contribution in [-0.2, 0) is 6.54 Å². The Labute approximate surface area is 117 Å². The maximum Gasteiger partial charge on any atom is 0.253 e. The lowest BCUT2D eigenvalue weighted by Crippen LogP contribution is -2.24. The molecule has 0 spiro atoms. The van der Waals surface area contributed by atoms with Crippen molar-refractivity contribution >= 4 is 23.2 Å². The molecule has 2 aromatic rings. The third-order valence-electron chi connectivity index (χ3n) is 2.94. The second-order valence-corrected chi connectivity index (χ2v) is 4.78. The highest BCUT2D eigenvalue weighted by atomic mass is 35.5. The first-order valence-electron chi connectivity index (χ1n) is 5.95. The molecule has 98 valence electrons. The van der Waals surface area contributed by atoms with Gasteiger partial charge in [-0.25, -0.2) is 0 Å². The number of nitrogen functional groups attached to an aromatic ring is 1. The molecule has 0 aliphatic rings. The molecular weight excluding hydrogens is 260 g/mol. The smallest absolute Gasteiger partial charge is 0.253 e.